The summed E-state index contributed by atoms with van der Waals surface area (Å²) in [5, 5.41) is 11.8. The maximum Gasteiger partial charge on any atom is 0.327 e. The van der Waals surface area contributed by atoms with Crippen molar-refractivity contribution in [1.29, 1.82) is 0 Å². The van der Waals surface area contributed by atoms with Crippen molar-refractivity contribution >= 4 is 17.7 Å². The molecule has 1 aliphatic rings. The third-order valence-electron chi connectivity index (χ3n) is 3.25. The molecule has 1 aromatic rings. The molecule has 0 aliphatic heterocycles. The number of primary amides is 1. The molecule has 0 saturated carbocycles. The van der Waals surface area contributed by atoms with Gasteiger partial charge in [0.15, 0.2) is 0 Å². The number of hydrogen-bond acceptors (Lipinski definition) is 4. The van der Waals surface area contributed by atoms with Gasteiger partial charge in [0.05, 0.1) is 5.56 Å². The molecule has 2 rings (SSSR count). The average molecular weight is 273 g/mol. The normalized spacial score (nSPS) is 14.2. The van der Waals surface area contributed by atoms with Gasteiger partial charge < -0.3 is 16.2 Å². The summed E-state index contributed by atoms with van der Waals surface area (Å²) < 4.78 is 0. The summed E-state index contributed by atoms with van der Waals surface area (Å²) in [4.78, 5) is 26.9. The Labute approximate surface area is 116 Å². The van der Waals surface area contributed by atoms with Gasteiger partial charge in [0, 0.05) is 12.1 Å². The van der Waals surface area contributed by atoms with E-state index in [0.29, 0.717) is 0 Å². The van der Waals surface area contributed by atoms with Crippen LogP contribution in [-0.4, -0.2) is 28.0 Å². The van der Waals surface area contributed by atoms with Crippen molar-refractivity contribution in [2.75, 3.05) is 5.32 Å². The molecule has 0 fully saturated rings. The van der Waals surface area contributed by atoms with Crippen LogP contribution in [0.5, 0.6) is 0 Å². The third kappa shape index (κ3) is 2.72. The Bertz CT molecular complexity index is 604. The average Bonchev–Trinajstić information content (AvgIpc) is 2.84. The maximum absolute atomic E-state index is 11.5. The number of pyridine rings is 1. The number of amides is 1. The monoisotopic (exact) mass is 273 g/mol. The van der Waals surface area contributed by atoms with Gasteiger partial charge in [-0.3, -0.25) is 4.79 Å². The topological polar surface area (TPSA) is 105 Å². The number of nitrogens with zero attached hydrogens (tertiary/aromatic N) is 1. The van der Waals surface area contributed by atoms with E-state index in [0.717, 1.165) is 30.5 Å². The van der Waals surface area contributed by atoms with Crippen LogP contribution < -0.4 is 11.1 Å². The van der Waals surface area contributed by atoms with Gasteiger partial charge >= 0.3 is 5.97 Å². The van der Waals surface area contributed by atoms with Crippen molar-refractivity contribution in [2.45, 2.75) is 31.7 Å². The highest BCUT2D eigenvalue weighted by Crippen LogP contribution is 2.25. The van der Waals surface area contributed by atoms with Crippen molar-refractivity contribution < 1.29 is 14.7 Å². The smallest absolute Gasteiger partial charge is 0.327 e. The molecule has 0 bridgehead atoms. The number of carbonyl (C=O) groups excluding carboxylic acids is 1. The minimum Gasteiger partial charge on any atom is -0.480 e. The Balaban J connectivity index is 2.37. The molecule has 1 aromatic heterocycles. The summed E-state index contributed by atoms with van der Waals surface area (Å²) in [5.74, 6) is 0.742. The number of aromatic nitrogens is 1. The van der Waals surface area contributed by atoms with Crippen molar-refractivity contribution in [1.82, 2.24) is 4.98 Å². The second-order valence-corrected chi connectivity index (χ2v) is 4.65. The molecule has 4 N–H and O–H groups in total. The number of hydrogen-bond donors (Lipinski definition) is 3. The van der Waals surface area contributed by atoms with Crippen LogP contribution in [0.2, 0.25) is 0 Å². The quantitative estimate of drug-likeness (QED) is 0.680. The summed E-state index contributed by atoms with van der Waals surface area (Å²) in [5.41, 5.74) is 7.40. The Morgan fingerprint density at radius 3 is 2.90 bits per heavy atom. The number of terminal acetylenes is 1. The number of aryl methyl sites for hydroxylation is 2. The first kappa shape index (κ1) is 13.9. The number of rotatable bonds is 5. The van der Waals surface area contributed by atoms with Gasteiger partial charge in [-0.2, -0.15) is 0 Å². The van der Waals surface area contributed by atoms with Crippen LogP contribution in [0, 0.1) is 12.3 Å². The predicted molar refractivity (Wildman–Crippen MR) is 73.3 cm³/mol. The fourth-order valence-corrected chi connectivity index (χ4v) is 2.25. The molecule has 1 heterocycles. The molecule has 104 valence electrons. The number of nitrogens with one attached hydrogen (secondary N) is 1. The molecular formula is C14H15N3O3. The third-order valence-corrected chi connectivity index (χ3v) is 3.25. The van der Waals surface area contributed by atoms with Crippen LogP contribution in [0.25, 0.3) is 0 Å². The van der Waals surface area contributed by atoms with Gasteiger partial charge in [0.1, 0.15) is 11.9 Å². The summed E-state index contributed by atoms with van der Waals surface area (Å²) >= 11 is 0. The van der Waals surface area contributed by atoms with Crippen molar-refractivity contribution in [3.05, 3.63) is 22.9 Å². The van der Waals surface area contributed by atoms with Crippen molar-refractivity contribution in [3.63, 3.8) is 0 Å². The Morgan fingerprint density at radius 1 is 1.55 bits per heavy atom. The number of carbonyl (C=O) groups is 2. The van der Waals surface area contributed by atoms with E-state index in [9.17, 15) is 9.59 Å². The lowest BCUT2D eigenvalue weighted by atomic mass is 10.1. The first-order valence-electron chi connectivity index (χ1n) is 6.28. The van der Waals surface area contributed by atoms with Gasteiger partial charge in [-0.25, -0.2) is 9.78 Å². The number of nitrogens with two attached hydrogens (primary N) is 1. The van der Waals surface area contributed by atoms with Gasteiger partial charge in [-0.05, 0) is 30.9 Å². The zero-order valence-electron chi connectivity index (χ0n) is 10.8. The van der Waals surface area contributed by atoms with Crippen LogP contribution in [-0.2, 0) is 17.6 Å². The SMILES string of the molecule is C#CCC(Nc1nc2c(cc1C(N)=O)CCC2)C(=O)O. The largest absolute Gasteiger partial charge is 0.480 e. The Hall–Kier alpha value is -2.55. The molecule has 6 nitrogen and oxygen atoms in total. The highest BCUT2D eigenvalue weighted by molar-refractivity contribution is 5.98. The lowest BCUT2D eigenvalue weighted by molar-refractivity contribution is -0.137. The molecular weight excluding hydrogens is 258 g/mol. The first-order valence-corrected chi connectivity index (χ1v) is 6.28. The molecule has 0 radical (unpaired) electrons. The van der Waals surface area contributed by atoms with E-state index in [-0.39, 0.29) is 17.8 Å². The molecule has 0 aromatic carbocycles. The lowest BCUT2D eigenvalue weighted by Crippen LogP contribution is -2.31. The molecule has 1 unspecified atom stereocenters. The second-order valence-electron chi connectivity index (χ2n) is 4.65. The molecule has 20 heavy (non-hydrogen) atoms. The van der Waals surface area contributed by atoms with Crippen molar-refractivity contribution in [2.24, 2.45) is 5.73 Å². The summed E-state index contributed by atoms with van der Waals surface area (Å²) in [6, 6.07) is 0.694. The van der Waals surface area contributed by atoms with Crippen LogP contribution in [0.1, 0.15) is 34.5 Å². The fraction of sp³-hybridized carbons (Fsp3) is 0.357. The van der Waals surface area contributed by atoms with E-state index in [2.05, 4.69) is 16.2 Å². The molecule has 1 aliphatic carbocycles. The zero-order valence-corrected chi connectivity index (χ0v) is 10.8. The van der Waals surface area contributed by atoms with E-state index in [1.54, 1.807) is 6.07 Å². The minimum absolute atomic E-state index is 0.00764. The molecule has 1 atom stereocenters. The zero-order chi connectivity index (χ0) is 14.7. The highest BCUT2D eigenvalue weighted by Gasteiger charge is 2.23. The Morgan fingerprint density at radius 2 is 2.30 bits per heavy atom. The lowest BCUT2D eigenvalue weighted by Gasteiger charge is -2.16. The number of fused-ring (bicyclic) bond motifs is 1. The minimum atomic E-state index is -1.10. The highest BCUT2D eigenvalue weighted by atomic mass is 16.4. The van der Waals surface area contributed by atoms with Crippen LogP contribution in [0.4, 0.5) is 5.82 Å². The fourth-order valence-electron chi connectivity index (χ4n) is 2.25. The number of carboxylic acids is 1. The van der Waals surface area contributed by atoms with Crippen LogP contribution in [0.3, 0.4) is 0 Å². The summed E-state index contributed by atoms with van der Waals surface area (Å²) in [6.45, 7) is 0. The van der Waals surface area contributed by atoms with E-state index in [4.69, 9.17) is 17.3 Å². The standard InChI is InChI=1S/C14H15N3O3/c1-2-4-11(14(19)20)17-13-9(12(15)18)7-8-5-3-6-10(8)16-13/h1,7,11H,3-6H2,(H2,15,18)(H,16,17)(H,19,20). The van der Waals surface area contributed by atoms with Gasteiger partial charge in [-0.1, -0.05) is 0 Å². The molecule has 6 heteroatoms. The van der Waals surface area contributed by atoms with Gasteiger partial charge in [-0.15, -0.1) is 12.3 Å². The second kappa shape index (κ2) is 5.61. The van der Waals surface area contributed by atoms with Gasteiger partial charge in [0.25, 0.3) is 5.91 Å². The number of anilines is 1. The van der Waals surface area contributed by atoms with Crippen LogP contribution in [0.15, 0.2) is 6.07 Å². The summed E-state index contributed by atoms with van der Waals surface area (Å²) in [6.07, 6.45) is 7.78. The predicted octanol–water partition coefficient (Wildman–Crippen LogP) is 0.558. The Kier molecular flexibility index (Phi) is 3.89. The van der Waals surface area contributed by atoms with E-state index < -0.39 is 17.9 Å². The molecule has 0 spiro atoms. The molecule has 0 saturated heterocycles. The van der Waals surface area contributed by atoms with Crippen molar-refractivity contribution in [3.8, 4) is 12.3 Å². The van der Waals surface area contributed by atoms with Gasteiger partial charge in [0.2, 0.25) is 0 Å². The van der Waals surface area contributed by atoms with E-state index >= 15 is 0 Å². The first-order chi connectivity index (χ1) is 9.52. The number of aliphatic carboxylic acids is 1. The van der Waals surface area contributed by atoms with E-state index in [1.165, 1.54) is 0 Å². The number of carboxylic acid groups (broad SMARTS) is 1. The van der Waals surface area contributed by atoms with Crippen LogP contribution >= 0.6 is 0 Å². The maximum atomic E-state index is 11.5. The van der Waals surface area contributed by atoms with E-state index in [1.807, 2.05) is 0 Å². The summed E-state index contributed by atoms with van der Waals surface area (Å²) in [7, 11) is 0. The molecule has 1 amide bonds.